The Bertz CT molecular complexity index is 357. The molecule has 0 amide bonds. The summed E-state index contributed by atoms with van der Waals surface area (Å²) in [6.07, 6.45) is 0.872. The number of fused-ring (bicyclic) bond motifs is 1. The van der Waals surface area contributed by atoms with Gasteiger partial charge < -0.3 is 5.11 Å². The SMILES string of the molecule is Cc1cccc2c1C=C[C@@H](F)[C@@H]2O. The number of aliphatic hydroxyl groups is 1. The summed E-state index contributed by atoms with van der Waals surface area (Å²) in [5.74, 6) is 0. The van der Waals surface area contributed by atoms with Crippen molar-refractivity contribution in [1.29, 1.82) is 0 Å². The molecule has 1 aliphatic rings. The maximum absolute atomic E-state index is 13.1. The fraction of sp³-hybridized carbons (Fsp3) is 0.273. The summed E-state index contributed by atoms with van der Waals surface area (Å²) in [6, 6.07) is 5.56. The Kier molecular flexibility index (Phi) is 1.93. The van der Waals surface area contributed by atoms with Crippen molar-refractivity contribution in [1.82, 2.24) is 0 Å². The molecule has 1 aliphatic carbocycles. The van der Waals surface area contributed by atoms with Gasteiger partial charge in [-0.25, -0.2) is 4.39 Å². The molecule has 2 atom stereocenters. The molecular weight excluding hydrogens is 167 g/mol. The molecule has 0 radical (unpaired) electrons. The molecule has 0 aliphatic heterocycles. The summed E-state index contributed by atoms with van der Waals surface area (Å²) in [6.45, 7) is 1.95. The Morgan fingerprint density at radius 3 is 2.92 bits per heavy atom. The van der Waals surface area contributed by atoms with Crippen molar-refractivity contribution in [3.8, 4) is 0 Å². The number of aryl methyl sites for hydroxylation is 1. The molecule has 0 saturated carbocycles. The monoisotopic (exact) mass is 178 g/mol. The van der Waals surface area contributed by atoms with Gasteiger partial charge in [-0.1, -0.05) is 24.3 Å². The summed E-state index contributed by atoms with van der Waals surface area (Å²) >= 11 is 0. The summed E-state index contributed by atoms with van der Waals surface area (Å²) in [7, 11) is 0. The average Bonchev–Trinajstić information content (AvgIpc) is 2.12. The van der Waals surface area contributed by atoms with E-state index in [-0.39, 0.29) is 0 Å². The first-order chi connectivity index (χ1) is 6.20. The predicted molar refractivity (Wildman–Crippen MR) is 50.1 cm³/mol. The van der Waals surface area contributed by atoms with Crippen molar-refractivity contribution < 1.29 is 9.50 Å². The molecule has 0 saturated heterocycles. The molecule has 2 heteroatoms. The third kappa shape index (κ3) is 1.27. The molecule has 1 aromatic carbocycles. The number of benzene rings is 1. The highest BCUT2D eigenvalue weighted by Crippen LogP contribution is 2.31. The van der Waals surface area contributed by atoms with E-state index in [0.717, 1.165) is 11.1 Å². The van der Waals surface area contributed by atoms with Crippen LogP contribution in [-0.2, 0) is 0 Å². The lowest BCUT2D eigenvalue weighted by Crippen LogP contribution is -2.15. The van der Waals surface area contributed by atoms with Crippen LogP contribution < -0.4 is 0 Å². The maximum Gasteiger partial charge on any atom is 0.149 e. The van der Waals surface area contributed by atoms with Gasteiger partial charge >= 0.3 is 0 Å². The molecule has 0 aromatic heterocycles. The second kappa shape index (κ2) is 2.96. The smallest absolute Gasteiger partial charge is 0.149 e. The van der Waals surface area contributed by atoms with Gasteiger partial charge in [0, 0.05) is 0 Å². The zero-order valence-electron chi connectivity index (χ0n) is 7.37. The van der Waals surface area contributed by atoms with Crippen LogP contribution in [0.15, 0.2) is 24.3 Å². The van der Waals surface area contributed by atoms with Gasteiger partial charge in [-0.2, -0.15) is 0 Å². The van der Waals surface area contributed by atoms with Gasteiger partial charge in [0.25, 0.3) is 0 Å². The lowest BCUT2D eigenvalue weighted by molar-refractivity contribution is 0.102. The minimum absolute atomic E-state index is 0.690. The largest absolute Gasteiger partial charge is 0.385 e. The quantitative estimate of drug-likeness (QED) is 0.646. The lowest BCUT2D eigenvalue weighted by Gasteiger charge is -2.21. The summed E-state index contributed by atoms with van der Waals surface area (Å²) in [4.78, 5) is 0. The van der Waals surface area contributed by atoms with Crippen molar-refractivity contribution in [3.05, 3.63) is 41.0 Å². The summed E-state index contributed by atoms with van der Waals surface area (Å²) in [5.41, 5.74) is 2.71. The highest BCUT2D eigenvalue weighted by atomic mass is 19.1. The van der Waals surface area contributed by atoms with Crippen LogP contribution >= 0.6 is 0 Å². The Hall–Kier alpha value is -1.15. The van der Waals surface area contributed by atoms with E-state index in [1.54, 1.807) is 12.1 Å². The van der Waals surface area contributed by atoms with Gasteiger partial charge in [-0.05, 0) is 29.7 Å². The van der Waals surface area contributed by atoms with Gasteiger partial charge in [0.2, 0.25) is 0 Å². The van der Waals surface area contributed by atoms with Crippen molar-refractivity contribution in [2.24, 2.45) is 0 Å². The molecule has 0 unspecified atom stereocenters. The van der Waals surface area contributed by atoms with Crippen molar-refractivity contribution in [3.63, 3.8) is 0 Å². The van der Waals surface area contributed by atoms with E-state index in [2.05, 4.69) is 0 Å². The third-order valence-electron chi connectivity index (χ3n) is 2.42. The number of hydrogen-bond donors (Lipinski definition) is 1. The normalized spacial score (nSPS) is 25.8. The second-order valence-corrected chi connectivity index (χ2v) is 3.33. The standard InChI is InChI=1S/C11H11FO/c1-7-3-2-4-9-8(7)5-6-10(12)11(9)13/h2-6,10-11,13H,1H3/t10-,11-/m1/s1. The first kappa shape index (κ1) is 8.45. The molecule has 0 bridgehead atoms. The van der Waals surface area contributed by atoms with E-state index in [1.807, 2.05) is 19.1 Å². The maximum atomic E-state index is 13.1. The number of halogens is 1. The topological polar surface area (TPSA) is 20.2 Å². The minimum atomic E-state index is -1.27. The van der Waals surface area contributed by atoms with Crippen molar-refractivity contribution in [2.45, 2.75) is 19.2 Å². The first-order valence-corrected chi connectivity index (χ1v) is 4.30. The Morgan fingerprint density at radius 2 is 2.15 bits per heavy atom. The molecule has 1 N–H and O–H groups in total. The summed E-state index contributed by atoms with van der Waals surface area (Å²) < 4.78 is 13.1. The van der Waals surface area contributed by atoms with Crippen LogP contribution in [0.5, 0.6) is 0 Å². The Morgan fingerprint density at radius 1 is 1.38 bits per heavy atom. The van der Waals surface area contributed by atoms with Crippen LogP contribution in [0.3, 0.4) is 0 Å². The molecular formula is C11H11FO. The average molecular weight is 178 g/mol. The van der Waals surface area contributed by atoms with Crippen LogP contribution in [0.1, 0.15) is 22.8 Å². The lowest BCUT2D eigenvalue weighted by atomic mass is 9.91. The molecule has 1 aromatic rings. The van der Waals surface area contributed by atoms with E-state index in [4.69, 9.17) is 0 Å². The minimum Gasteiger partial charge on any atom is -0.385 e. The van der Waals surface area contributed by atoms with Crippen molar-refractivity contribution >= 4 is 6.08 Å². The van der Waals surface area contributed by atoms with E-state index in [1.165, 1.54) is 6.08 Å². The van der Waals surface area contributed by atoms with Gasteiger partial charge in [0.1, 0.15) is 12.3 Å². The van der Waals surface area contributed by atoms with Gasteiger partial charge in [0.05, 0.1) is 0 Å². The highest BCUT2D eigenvalue weighted by molar-refractivity contribution is 5.61. The molecule has 1 nitrogen and oxygen atoms in total. The van der Waals surface area contributed by atoms with E-state index in [9.17, 15) is 9.50 Å². The van der Waals surface area contributed by atoms with Gasteiger partial charge in [-0.3, -0.25) is 0 Å². The summed E-state index contributed by atoms with van der Waals surface area (Å²) in [5, 5.41) is 9.53. The fourth-order valence-corrected chi connectivity index (χ4v) is 1.65. The zero-order valence-corrected chi connectivity index (χ0v) is 7.37. The molecule has 0 heterocycles. The van der Waals surface area contributed by atoms with Gasteiger partial charge in [0.15, 0.2) is 0 Å². The van der Waals surface area contributed by atoms with Crippen LogP contribution in [-0.4, -0.2) is 11.3 Å². The number of aliphatic hydroxyl groups excluding tert-OH is 1. The van der Waals surface area contributed by atoms with E-state index >= 15 is 0 Å². The van der Waals surface area contributed by atoms with Crippen LogP contribution in [0.4, 0.5) is 4.39 Å². The molecule has 2 rings (SSSR count). The predicted octanol–water partition coefficient (Wildman–Crippen LogP) is 2.39. The molecule has 0 fully saturated rings. The number of alkyl halides is 1. The second-order valence-electron chi connectivity index (χ2n) is 3.33. The first-order valence-electron chi connectivity index (χ1n) is 4.30. The molecule has 0 spiro atoms. The van der Waals surface area contributed by atoms with Crippen LogP contribution in [0, 0.1) is 6.92 Å². The van der Waals surface area contributed by atoms with E-state index < -0.39 is 12.3 Å². The Labute approximate surface area is 76.5 Å². The third-order valence-corrected chi connectivity index (χ3v) is 2.42. The highest BCUT2D eigenvalue weighted by Gasteiger charge is 2.23. The Balaban J connectivity index is 2.58. The van der Waals surface area contributed by atoms with Crippen molar-refractivity contribution in [2.75, 3.05) is 0 Å². The zero-order chi connectivity index (χ0) is 9.42. The number of hydrogen-bond acceptors (Lipinski definition) is 1. The van der Waals surface area contributed by atoms with Crippen LogP contribution in [0.25, 0.3) is 6.08 Å². The molecule has 68 valence electrons. The molecule has 13 heavy (non-hydrogen) atoms. The van der Waals surface area contributed by atoms with E-state index in [0.29, 0.717) is 5.56 Å². The fourth-order valence-electron chi connectivity index (χ4n) is 1.65. The van der Waals surface area contributed by atoms with Crippen LogP contribution in [0.2, 0.25) is 0 Å². The number of rotatable bonds is 0. The van der Waals surface area contributed by atoms with Gasteiger partial charge in [-0.15, -0.1) is 0 Å².